The minimum Gasteiger partial charge on any atom is -0.379 e. The zero-order valence-corrected chi connectivity index (χ0v) is 28.3. The van der Waals surface area contributed by atoms with Gasteiger partial charge in [0.1, 0.15) is 0 Å². The van der Waals surface area contributed by atoms with Crippen molar-refractivity contribution in [3.05, 3.63) is 0 Å². The maximum absolute atomic E-state index is 5.53. The third-order valence-corrected chi connectivity index (χ3v) is 5.87. The summed E-state index contributed by atoms with van der Waals surface area (Å²) in [6.07, 6.45) is 1.13. The molecule has 44 heavy (non-hydrogen) atoms. The van der Waals surface area contributed by atoms with Crippen LogP contribution < -0.4 is 0 Å². The number of ether oxygens (including phenoxy) is 12. The average molecular weight is 644 g/mol. The van der Waals surface area contributed by atoms with E-state index >= 15 is 0 Å². The Morgan fingerprint density at radius 1 is 0.341 bits per heavy atom. The zero-order valence-electron chi connectivity index (χ0n) is 28.3. The predicted octanol–water partition coefficient (Wildman–Crippen LogP) is 1.79. The van der Waals surface area contributed by atoms with Gasteiger partial charge in [-0.3, -0.25) is 0 Å². The molecular weight excluding hydrogens is 578 g/mol. The molecule has 0 heterocycles. The lowest BCUT2D eigenvalue weighted by atomic mass is 10.1. The number of likely N-dealkylation sites (N-methyl/N-ethyl adjacent to an activating group) is 1. The van der Waals surface area contributed by atoms with Gasteiger partial charge in [-0.2, -0.15) is 0 Å². The van der Waals surface area contributed by atoms with Crippen LogP contribution in [0.15, 0.2) is 0 Å². The molecule has 0 saturated carbocycles. The van der Waals surface area contributed by atoms with Crippen LogP contribution >= 0.6 is 0 Å². The molecule has 0 radical (unpaired) electrons. The van der Waals surface area contributed by atoms with Crippen molar-refractivity contribution in [2.75, 3.05) is 179 Å². The van der Waals surface area contributed by atoms with E-state index in [0.29, 0.717) is 151 Å². The molecule has 0 amide bonds. The molecule has 0 N–H and O–H groups in total. The van der Waals surface area contributed by atoms with Crippen LogP contribution in [0.2, 0.25) is 0 Å². The quantitative estimate of drug-likeness (QED) is 0.0908. The molecule has 0 aromatic heterocycles. The molecule has 0 aliphatic carbocycles. The van der Waals surface area contributed by atoms with E-state index in [1.807, 2.05) is 14.1 Å². The van der Waals surface area contributed by atoms with E-state index in [0.717, 1.165) is 26.2 Å². The van der Waals surface area contributed by atoms with Gasteiger partial charge in [0.2, 0.25) is 0 Å². The van der Waals surface area contributed by atoms with Gasteiger partial charge >= 0.3 is 0 Å². The minimum absolute atomic E-state index is 0.518. The van der Waals surface area contributed by atoms with Crippen molar-refractivity contribution >= 4 is 0 Å². The summed E-state index contributed by atoms with van der Waals surface area (Å²) in [6, 6.07) is 0. The second kappa shape index (κ2) is 38.7. The Balaban J connectivity index is 3.05. The normalized spacial score (nSPS) is 12.5. The van der Waals surface area contributed by atoms with E-state index in [9.17, 15) is 0 Å². The Kier molecular flexibility index (Phi) is 38.2. The first kappa shape index (κ1) is 43.5. The van der Waals surface area contributed by atoms with Crippen LogP contribution in [-0.4, -0.2) is 184 Å². The molecule has 0 aromatic carbocycles. The largest absolute Gasteiger partial charge is 0.379 e. The molecular formula is C31H65NO12. The average Bonchev–Trinajstić information content (AvgIpc) is 3.02. The highest BCUT2D eigenvalue weighted by molar-refractivity contribution is 4.46. The third kappa shape index (κ3) is 39.5. The fraction of sp³-hybridized carbons (Fsp3) is 1.00. The first-order valence-corrected chi connectivity index (χ1v) is 16.2. The Morgan fingerprint density at radius 3 is 0.750 bits per heavy atom. The van der Waals surface area contributed by atoms with Crippen LogP contribution in [0.4, 0.5) is 0 Å². The van der Waals surface area contributed by atoms with Crippen LogP contribution in [0.3, 0.4) is 0 Å². The van der Waals surface area contributed by atoms with Gasteiger partial charge in [-0.25, -0.2) is 0 Å². The highest BCUT2D eigenvalue weighted by Crippen LogP contribution is 2.00. The SMILES string of the molecule is CCC(C)COCCOCCOCCOCCOCCOCCOCCOCCOCCOCCOCCOCCN(C)C. The molecule has 0 saturated heterocycles. The Hall–Kier alpha value is -0.520. The maximum Gasteiger partial charge on any atom is 0.0701 e. The number of hydrogen-bond donors (Lipinski definition) is 0. The first-order valence-electron chi connectivity index (χ1n) is 16.2. The van der Waals surface area contributed by atoms with E-state index < -0.39 is 0 Å². The molecule has 0 bridgehead atoms. The number of nitrogens with zero attached hydrogens (tertiary/aromatic N) is 1. The highest BCUT2D eigenvalue weighted by atomic mass is 16.6. The van der Waals surface area contributed by atoms with Crippen LogP contribution in [0.1, 0.15) is 20.3 Å². The second-order valence-electron chi connectivity index (χ2n) is 10.1. The maximum atomic E-state index is 5.53. The summed E-state index contributed by atoms with van der Waals surface area (Å²) < 4.78 is 65.7. The predicted molar refractivity (Wildman–Crippen MR) is 168 cm³/mol. The van der Waals surface area contributed by atoms with E-state index in [4.69, 9.17) is 56.8 Å². The molecule has 1 atom stereocenters. The summed E-state index contributed by atoms with van der Waals surface area (Å²) in [7, 11) is 4.04. The summed E-state index contributed by atoms with van der Waals surface area (Å²) in [5, 5.41) is 0. The van der Waals surface area contributed by atoms with Gasteiger partial charge in [-0.05, 0) is 20.0 Å². The lowest BCUT2D eigenvalue weighted by Gasteiger charge is -2.10. The molecule has 0 rings (SSSR count). The summed E-state index contributed by atoms with van der Waals surface area (Å²) in [5.41, 5.74) is 0. The van der Waals surface area contributed by atoms with Crippen LogP contribution in [-0.2, 0) is 56.8 Å². The summed E-state index contributed by atoms with van der Waals surface area (Å²) in [6.45, 7) is 18.8. The monoisotopic (exact) mass is 643 g/mol. The minimum atomic E-state index is 0.518. The van der Waals surface area contributed by atoms with Crippen molar-refractivity contribution in [1.29, 1.82) is 0 Å². The van der Waals surface area contributed by atoms with Gasteiger partial charge in [0.05, 0.1) is 152 Å². The van der Waals surface area contributed by atoms with Crippen molar-refractivity contribution < 1.29 is 56.8 Å². The van der Waals surface area contributed by atoms with Crippen LogP contribution in [0, 0.1) is 5.92 Å². The van der Waals surface area contributed by atoms with Gasteiger partial charge in [0, 0.05) is 13.2 Å². The van der Waals surface area contributed by atoms with E-state index in [1.165, 1.54) is 0 Å². The van der Waals surface area contributed by atoms with Crippen molar-refractivity contribution in [2.45, 2.75) is 20.3 Å². The lowest BCUT2D eigenvalue weighted by Crippen LogP contribution is -2.19. The molecule has 13 nitrogen and oxygen atoms in total. The molecule has 13 heteroatoms. The summed E-state index contributed by atoms with van der Waals surface area (Å²) in [5.74, 6) is 0.599. The van der Waals surface area contributed by atoms with Gasteiger partial charge < -0.3 is 61.7 Å². The Labute approximate surface area is 267 Å². The van der Waals surface area contributed by atoms with E-state index in [2.05, 4.69) is 18.7 Å². The second-order valence-corrected chi connectivity index (χ2v) is 10.1. The van der Waals surface area contributed by atoms with Gasteiger partial charge in [0.15, 0.2) is 0 Å². The fourth-order valence-corrected chi connectivity index (χ4v) is 3.07. The van der Waals surface area contributed by atoms with Crippen molar-refractivity contribution in [2.24, 2.45) is 5.92 Å². The zero-order chi connectivity index (χ0) is 32.0. The van der Waals surface area contributed by atoms with Crippen molar-refractivity contribution in [3.63, 3.8) is 0 Å². The Morgan fingerprint density at radius 2 is 0.545 bits per heavy atom. The topological polar surface area (TPSA) is 114 Å². The van der Waals surface area contributed by atoms with Crippen molar-refractivity contribution in [1.82, 2.24) is 4.90 Å². The molecule has 0 aromatic rings. The third-order valence-electron chi connectivity index (χ3n) is 5.87. The molecule has 0 aliphatic heterocycles. The highest BCUT2D eigenvalue weighted by Gasteiger charge is 1.99. The van der Waals surface area contributed by atoms with Crippen LogP contribution in [0.5, 0.6) is 0 Å². The lowest BCUT2D eigenvalue weighted by molar-refractivity contribution is -0.0286. The molecule has 0 aliphatic rings. The molecule has 1 unspecified atom stereocenters. The molecule has 266 valence electrons. The Bertz CT molecular complexity index is 522. The van der Waals surface area contributed by atoms with E-state index in [-0.39, 0.29) is 0 Å². The fourth-order valence-electron chi connectivity index (χ4n) is 3.07. The standard InChI is InChI=1S/C31H65NO12/c1-5-31(2)30-44-29-28-43-27-26-42-25-24-41-23-22-40-21-20-39-19-18-38-17-16-37-15-14-36-13-12-35-11-10-34-9-8-33-7-6-32(3)4/h31H,5-30H2,1-4H3. The van der Waals surface area contributed by atoms with Gasteiger partial charge in [0.25, 0.3) is 0 Å². The number of hydrogen-bond acceptors (Lipinski definition) is 13. The van der Waals surface area contributed by atoms with Crippen molar-refractivity contribution in [3.8, 4) is 0 Å². The first-order chi connectivity index (χ1) is 21.7. The van der Waals surface area contributed by atoms with Crippen LogP contribution in [0.25, 0.3) is 0 Å². The smallest absolute Gasteiger partial charge is 0.0701 e. The van der Waals surface area contributed by atoms with E-state index in [1.54, 1.807) is 0 Å². The molecule has 0 spiro atoms. The van der Waals surface area contributed by atoms with Gasteiger partial charge in [-0.15, -0.1) is 0 Å². The summed E-state index contributed by atoms with van der Waals surface area (Å²) in [4.78, 5) is 2.08. The number of rotatable bonds is 39. The van der Waals surface area contributed by atoms with Gasteiger partial charge in [-0.1, -0.05) is 20.3 Å². The summed E-state index contributed by atoms with van der Waals surface area (Å²) >= 11 is 0. The molecule has 0 fully saturated rings.